The van der Waals surface area contributed by atoms with Crippen LogP contribution in [0.3, 0.4) is 0 Å². The van der Waals surface area contributed by atoms with Gasteiger partial charge >= 0.3 is 0 Å². The number of hydrogen-bond acceptors (Lipinski definition) is 2. The summed E-state index contributed by atoms with van der Waals surface area (Å²) in [5.41, 5.74) is 8.67. The van der Waals surface area contributed by atoms with E-state index < -0.39 is 0 Å². The number of benzene rings is 2. The van der Waals surface area contributed by atoms with E-state index in [4.69, 9.17) is 10.5 Å². The molecule has 0 radical (unpaired) electrons. The van der Waals surface area contributed by atoms with Crippen molar-refractivity contribution in [3.63, 3.8) is 0 Å². The molecule has 0 amide bonds. The summed E-state index contributed by atoms with van der Waals surface area (Å²) in [6.07, 6.45) is 0. The second-order valence-electron chi connectivity index (χ2n) is 5.68. The lowest BCUT2D eigenvalue weighted by molar-refractivity contribution is 0.324. The van der Waals surface area contributed by atoms with E-state index in [1.807, 2.05) is 37.3 Å². The van der Waals surface area contributed by atoms with Gasteiger partial charge in [-0.3, -0.25) is 0 Å². The number of rotatable bonds is 5. The van der Waals surface area contributed by atoms with Crippen LogP contribution in [0.15, 0.2) is 53.0 Å². The van der Waals surface area contributed by atoms with Crippen LogP contribution < -0.4 is 10.5 Å². The highest BCUT2D eigenvalue weighted by molar-refractivity contribution is 9.10. The lowest BCUT2D eigenvalue weighted by Crippen LogP contribution is -2.33. The Morgan fingerprint density at radius 3 is 2.43 bits per heavy atom. The van der Waals surface area contributed by atoms with E-state index in [2.05, 4.69) is 48.0 Å². The average Bonchev–Trinajstić information content (AvgIpc) is 2.49. The molecule has 0 aliphatic carbocycles. The van der Waals surface area contributed by atoms with Gasteiger partial charge in [-0.25, -0.2) is 0 Å². The van der Waals surface area contributed by atoms with Crippen molar-refractivity contribution in [1.82, 2.24) is 0 Å². The number of nitrogens with two attached hydrogens (primary N) is 1. The van der Waals surface area contributed by atoms with Gasteiger partial charge in [0.1, 0.15) is 5.75 Å². The van der Waals surface area contributed by atoms with Crippen LogP contribution in [0.2, 0.25) is 0 Å². The highest BCUT2D eigenvalue weighted by Crippen LogP contribution is 2.39. The van der Waals surface area contributed by atoms with Crippen LogP contribution in [0.4, 0.5) is 0 Å². The molecule has 0 saturated carbocycles. The highest BCUT2D eigenvalue weighted by Gasteiger charge is 2.31. The first kappa shape index (κ1) is 16.1. The first-order valence-corrected chi connectivity index (χ1v) is 7.99. The molecule has 112 valence electrons. The van der Waals surface area contributed by atoms with Gasteiger partial charge < -0.3 is 10.5 Å². The molecule has 21 heavy (non-hydrogen) atoms. The monoisotopic (exact) mass is 347 g/mol. The first-order valence-electron chi connectivity index (χ1n) is 7.20. The average molecular weight is 348 g/mol. The molecule has 0 aliphatic heterocycles. The third-order valence-electron chi connectivity index (χ3n) is 3.90. The van der Waals surface area contributed by atoms with Gasteiger partial charge in [-0.1, -0.05) is 60.1 Å². The van der Waals surface area contributed by atoms with E-state index in [1.165, 1.54) is 5.56 Å². The van der Waals surface area contributed by atoms with E-state index in [0.717, 1.165) is 15.8 Å². The van der Waals surface area contributed by atoms with Gasteiger partial charge in [0.2, 0.25) is 0 Å². The van der Waals surface area contributed by atoms with E-state index >= 15 is 0 Å². The van der Waals surface area contributed by atoms with Crippen LogP contribution in [0.1, 0.15) is 37.9 Å². The Kier molecular flexibility index (Phi) is 5.07. The minimum absolute atomic E-state index is 0.154. The van der Waals surface area contributed by atoms with Crippen LogP contribution in [0.5, 0.6) is 5.75 Å². The van der Waals surface area contributed by atoms with Gasteiger partial charge in [-0.2, -0.15) is 0 Å². The zero-order chi connectivity index (χ0) is 15.5. The summed E-state index contributed by atoms with van der Waals surface area (Å²) in [5.74, 6) is 0.859. The van der Waals surface area contributed by atoms with Crippen molar-refractivity contribution in [2.24, 2.45) is 5.73 Å². The topological polar surface area (TPSA) is 35.2 Å². The molecule has 1 atom stereocenters. The molecule has 2 aromatic rings. The third-order valence-corrected chi connectivity index (χ3v) is 4.40. The fraction of sp³-hybridized carbons (Fsp3) is 0.333. The lowest BCUT2D eigenvalue weighted by atomic mass is 9.75. The summed E-state index contributed by atoms with van der Waals surface area (Å²) < 4.78 is 6.76. The molecule has 2 aromatic carbocycles. The van der Waals surface area contributed by atoms with Crippen molar-refractivity contribution in [1.29, 1.82) is 0 Å². The molecule has 0 saturated heterocycles. The lowest BCUT2D eigenvalue weighted by Gasteiger charge is -2.33. The largest absolute Gasteiger partial charge is 0.494 e. The molecule has 2 nitrogen and oxygen atoms in total. The van der Waals surface area contributed by atoms with Gasteiger partial charge in [0.05, 0.1) is 6.61 Å². The SMILES string of the molecule is CCOc1ccc(Br)cc1C(N)C(C)(C)c1ccccc1. The zero-order valence-electron chi connectivity index (χ0n) is 12.8. The van der Waals surface area contributed by atoms with Crippen LogP contribution >= 0.6 is 15.9 Å². The number of halogens is 1. The molecule has 2 rings (SSSR count). The van der Waals surface area contributed by atoms with Gasteiger partial charge in [-0.05, 0) is 30.7 Å². The maximum absolute atomic E-state index is 6.60. The Morgan fingerprint density at radius 1 is 1.14 bits per heavy atom. The molecule has 1 unspecified atom stereocenters. The predicted molar refractivity (Wildman–Crippen MR) is 91.7 cm³/mol. The maximum atomic E-state index is 6.60. The van der Waals surface area contributed by atoms with Crippen molar-refractivity contribution in [2.45, 2.75) is 32.2 Å². The normalized spacial score (nSPS) is 13.0. The van der Waals surface area contributed by atoms with Crippen molar-refractivity contribution in [3.8, 4) is 5.75 Å². The Balaban J connectivity index is 2.43. The molecule has 2 N–H and O–H groups in total. The molecular weight excluding hydrogens is 326 g/mol. The molecular formula is C18H22BrNO. The maximum Gasteiger partial charge on any atom is 0.124 e. The van der Waals surface area contributed by atoms with Crippen LogP contribution in [-0.2, 0) is 5.41 Å². The van der Waals surface area contributed by atoms with Crippen LogP contribution in [0.25, 0.3) is 0 Å². The van der Waals surface area contributed by atoms with Crippen molar-refractivity contribution >= 4 is 15.9 Å². The van der Waals surface area contributed by atoms with E-state index in [-0.39, 0.29) is 11.5 Å². The first-order chi connectivity index (χ1) is 9.96. The summed E-state index contributed by atoms with van der Waals surface area (Å²) in [6.45, 7) is 6.96. The van der Waals surface area contributed by atoms with E-state index in [9.17, 15) is 0 Å². The van der Waals surface area contributed by atoms with Crippen molar-refractivity contribution in [3.05, 3.63) is 64.1 Å². The predicted octanol–water partition coefficient (Wildman–Crippen LogP) is 4.83. The van der Waals surface area contributed by atoms with Gasteiger partial charge in [0.25, 0.3) is 0 Å². The van der Waals surface area contributed by atoms with Gasteiger partial charge in [-0.15, -0.1) is 0 Å². The quantitative estimate of drug-likeness (QED) is 0.840. The Morgan fingerprint density at radius 2 is 1.81 bits per heavy atom. The Bertz CT molecular complexity index is 595. The summed E-state index contributed by atoms with van der Waals surface area (Å²) >= 11 is 3.53. The van der Waals surface area contributed by atoms with Crippen LogP contribution in [0, 0.1) is 0 Å². The second-order valence-corrected chi connectivity index (χ2v) is 6.60. The molecule has 0 fully saturated rings. The Hall–Kier alpha value is -1.32. The number of hydrogen-bond donors (Lipinski definition) is 1. The molecule has 0 heterocycles. The van der Waals surface area contributed by atoms with E-state index in [1.54, 1.807) is 0 Å². The van der Waals surface area contributed by atoms with E-state index in [0.29, 0.717) is 6.61 Å². The minimum atomic E-state index is -0.187. The van der Waals surface area contributed by atoms with Gasteiger partial charge in [0.15, 0.2) is 0 Å². The zero-order valence-corrected chi connectivity index (χ0v) is 14.4. The smallest absolute Gasteiger partial charge is 0.124 e. The van der Waals surface area contributed by atoms with Crippen LogP contribution in [-0.4, -0.2) is 6.61 Å². The fourth-order valence-electron chi connectivity index (χ4n) is 2.49. The molecule has 0 aromatic heterocycles. The second kappa shape index (κ2) is 6.63. The standard InChI is InChI=1S/C18H22BrNO/c1-4-21-16-11-10-14(19)12-15(16)17(20)18(2,3)13-8-6-5-7-9-13/h5-12,17H,4,20H2,1-3H3. The highest BCUT2D eigenvalue weighted by atomic mass is 79.9. The number of ether oxygens (including phenoxy) is 1. The molecule has 0 aliphatic rings. The molecule has 0 spiro atoms. The van der Waals surface area contributed by atoms with Gasteiger partial charge in [0, 0.05) is 21.5 Å². The van der Waals surface area contributed by atoms with Crippen molar-refractivity contribution in [2.75, 3.05) is 6.61 Å². The fourth-order valence-corrected chi connectivity index (χ4v) is 2.86. The summed E-state index contributed by atoms with van der Waals surface area (Å²) in [5, 5.41) is 0. The Labute approximate surface area is 135 Å². The molecule has 0 bridgehead atoms. The molecule has 3 heteroatoms. The summed E-state index contributed by atoms with van der Waals surface area (Å²) in [7, 11) is 0. The van der Waals surface area contributed by atoms with Crippen molar-refractivity contribution < 1.29 is 4.74 Å². The summed E-state index contributed by atoms with van der Waals surface area (Å²) in [6, 6.07) is 16.2. The summed E-state index contributed by atoms with van der Waals surface area (Å²) in [4.78, 5) is 0. The third kappa shape index (κ3) is 3.47. The minimum Gasteiger partial charge on any atom is -0.494 e.